The third-order valence-corrected chi connectivity index (χ3v) is 3.98. The van der Waals surface area contributed by atoms with E-state index < -0.39 is 36.8 Å². The number of carbonyl (C=O) groups excluding carboxylic acids is 4. The molecule has 5 amide bonds. The smallest absolute Gasteiger partial charge is 0.426 e. The molecule has 0 aromatic rings. The summed E-state index contributed by atoms with van der Waals surface area (Å²) in [5.41, 5.74) is 0. The Balaban J connectivity index is 1.76. The monoisotopic (exact) mass is 340 g/mol. The van der Waals surface area contributed by atoms with Gasteiger partial charge in [-0.05, 0) is 19.3 Å². The Bertz CT molecular complexity index is 531. The molecular formula is C13H21BN4O6. The molecule has 0 aromatic heterocycles. The zero-order valence-corrected chi connectivity index (χ0v) is 13.4. The van der Waals surface area contributed by atoms with Gasteiger partial charge in [0.2, 0.25) is 5.91 Å². The summed E-state index contributed by atoms with van der Waals surface area (Å²) < 4.78 is 5.35. The van der Waals surface area contributed by atoms with Crippen molar-refractivity contribution in [1.29, 1.82) is 0 Å². The first-order valence-corrected chi connectivity index (χ1v) is 7.92. The van der Waals surface area contributed by atoms with E-state index in [1.54, 1.807) is 0 Å². The van der Waals surface area contributed by atoms with Crippen molar-refractivity contribution in [2.75, 3.05) is 19.6 Å². The molecule has 0 aromatic carbocycles. The molecule has 2 heterocycles. The Kier molecular flexibility index (Phi) is 6.15. The highest BCUT2D eigenvalue weighted by Crippen LogP contribution is 2.17. The van der Waals surface area contributed by atoms with Crippen LogP contribution in [0.4, 0.5) is 4.79 Å². The molecule has 0 radical (unpaired) electrons. The fourth-order valence-electron chi connectivity index (χ4n) is 2.60. The summed E-state index contributed by atoms with van der Waals surface area (Å²) in [5.74, 6) is -2.87. The van der Waals surface area contributed by atoms with Crippen LogP contribution in [0.2, 0.25) is 0 Å². The molecule has 0 bridgehead atoms. The number of piperazine rings is 1. The van der Waals surface area contributed by atoms with Crippen LogP contribution in [0, 0.1) is 0 Å². The second-order valence-corrected chi connectivity index (χ2v) is 5.68. The molecule has 2 atom stereocenters. The zero-order chi connectivity index (χ0) is 17.7. The summed E-state index contributed by atoms with van der Waals surface area (Å²) in [6.45, 7) is 1.80. The van der Waals surface area contributed by atoms with E-state index in [9.17, 15) is 24.2 Å². The van der Waals surface area contributed by atoms with Gasteiger partial charge >= 0.3 is 25.0 Å². The SMILES string of the molecule is CCC1CCC(NC(=O)CNC(=O)N2CCNC(=O)C2=O)B(O)O1. The lowest BCUT2D eigenvalue weighted by atomic mass is 9.72. The van der Waals surface area contributed by atoms with Gasteiger partial charge in [-0.1, -0.05) is 6.92 Å². The summed E-state index contributed by atoms with van der Waals surface area (Å²) in [7, 11) is -1.09. The van der Waals surface area contributed by atoms with Crippen LogP contribution in [-0.2, 0) is 19.0 Å². The average Bonchev–Trinajstić information content (AvgIpc) is 2.57. The number of hydrogen-bond acceptors (Lipinski definition) is 6. The fourth-order valence-corrected chi connectivity index (χ4v) is 2.60. The molecule has 4 N–H and O–H groups in total. The van der Waals surface area contributed by atoms with Crippen LogP contribution in [0.5, 0.6) is 0 Å². The van der Waals surface area contributed by atoms with Gasteiger partial charge in [-0.15, -0.1) is 0 Å². The highest BCUT2D eigenvalue weighted by atomic mass is 16.5. The van der Waals surface area contributed by atoms with Gasteiger partial charge in [0.15, 0.2) is 0 Å². The van der Waals surface area contributed by atoms with E-state index in [1.807, 2.05) is 6.92 Å². The number of carbonyl (C=O) groups is 4. The van der Waals surface area contributed by atoms with Gasteiger partial charge in [0.25, 0.3) is 0 Å². The van der Waals surface area contributed by atoms with Gasteiger partial charge in [-0.2, -0.15) is 0 Å². The first-order chi connectivity index (χ1) is 11.4. The second kappa shape index (κ2) is 8.11. The molecule has 2 fully saturated rings. The Morgan fingerprint density at radius 3 is 2.83 bits per heavy atom. The first kappa shape index (κ1) is 18.2. The van der Waals surface area contributed by atoms with E-state index in [1.165, 1.54) is 0 Å². The predicted molar refractivity (Wildman–Crippen MR) is 82.4 cm³/mol. The van der Waals surface area contributed by atoms with Crippen molar-refractivity contribution >= 4 is 30.9 Å². The third-order valence-electron chi connectivity index (χ3n) is 3.98. The molecule has 2 aliphatic rings. The molecule has 10 nitrogen and oxygen atoms in total. The van der Waals surface area contributed by atoms with Crippen LogP contribution < -0.4 is 16.0 Å². The van der Waals surface area contributed by atoms with Gasteiger partial charge < -0.3 is 25.6 Å². The van der Waals surface area contributed by atoms with Crippen molar-refractivity contribution in [2.24, 2.45) is 0 Å². The minimum Gasteiger partial charge on any atom is -0.426 e. The molecule has 24 heavy (non-hydrogen) atoms. The molecule has 0 aliphatic carbocycles. The summed E-state index contributed by atoms with van der Waals surface area (Å²) in [4.78, 5) is 47.2. The van der Waals surface area contributed by atoms with Crippen LogP contribution >= 0.6 is 0 Å². The maximum absolute atomic E-state index is 11.9. The minimum absolute atomic E-state index is 0.0240. The van der Waals surface area contributed by atoms with E-state index in [0.29, 0.717) is 6.42 Å². The second-order valence-electron chi connectivity index (χ2n) is 5.68. The molecule has 132 valence electrons. The maximum Gasteiger partial charge on any atom is 0.478 e. The van der Waals surface area contributed by atoms with Gasteiger partial charge in [0.05, 0.1) is 12.5 Å². The Morgan fingerprint density at radius 1 is 1.42 bits per heavy atom. The molecule has 2 unspecified atom stereocenters. The number of hydrogen-bond donors (Lipinski definition) is 4. The Labute approximate surface area is 139 Å². The lowest BCUT2D eigenvalue weighted by Gasteiger charge is -2.31. The van der Waals surface area contributed by atoms with E-state index in [2.05, 4.69) is 16.0 Å². The van der Waals surface area contributed by atoms with E-state index >= 15 is 0 Å². The topological polar surface area (TPSA) is 137 Å². The van der Waals surface area contributed by atoms with E-state index in [4.69, 9.17) is 4.65 Å². The average molecular weight is 340 g/mol. The highest BCUT2D eigenvalue weighted by Gasteiger charge is 2.35. The summed E-state index contributed by atoms with van der Waals surface area (Å²) in [6, 6.07) is -0.809. The molecule has 2 saturated heterocycles. The van der Waals surface area contributed by atoms with Crippen LogP contribution in [0.15, 0.2) is 0 Å². The number of rotatable bonds is 4. The maximum atomic E-state index is 11.9. The Hall–Kier alpha value is -2.14. The standard InChI is InChI=1S/C13H21BN4O6/c1-2-8-3-4-9(14(23)24-8)17-10(19)7-16-13(22)18-6-5-15-11(20)12(18)21/h8-9,23H,2-7H2,1H3,(H,15,20)(H,16,22)(H,17,19). The number of nitrogens with one attached hydrogen (secondary N) is 3. The van der Waals surface area contributed by atoms with Crippen molar-refractivity contribution in [2.45, 2.75) is 38.2 Å². The predicted octanol–water partition coefficient (Wildman–Crippen LogP) is -2.25. The third kappa shape index (κ3) is 4.45. The number of imide groups is 1. The van der Waals surface area contributed by atoms with Crippen LogP contribution in [0.25, 0.3) is 0 Å². The summed E-state index contributed by atoms with van der Waals surface area (Å²) in [6.07, 6.45) is 2.06. The van der Waals surface area contributed by atoms with Crippen molar-refractivity contribution in [3.05, 3.63) is 0 Å². The van der Waals surface area contributed by atoms with Gasteiger partial charge in [0, 0.05) is 19.2 Å². The van der Waals surface area contributed by atoms with Crippen LogP contribution in [-0.4, -0.2) is 72.5 Å². The quantitative estimate of drug-likeness (QED) is 0.337. The zero-order valence-electron chi connectivity index (χ0n) is 13.4. The Morgan fingerprint density at radius 2 is 2.17 bits per heavy atom. The van der Waals surface area contributed by atoms with Crippen LogP contribution in [0.1, 0.15) is 26.2 Å². The molecule has 2 aliphatic heterocycles. The van der Waals surface area contributed by atoms with Crippen molar-refractivity contribution < 1.29 is 28.9 Å². The van der Waals surface area contributed by atoms with E-state index in [0.717, 1.165) is 17.7 Å². The number of amides is 5. The molecule has 11 heteroatoms. The van der Waals surface area contributed by atoms with E-state index in [-0.39, 0.29) is 25.7 Å². The number of nitrogens with zero attached hydrogens (tertiary/aromatic N) is 1. The minimum atomic E-state index is -1.09. The molecule has 2 rings (SSSR count). The van der Waals surface area contributed by atoms with Crippen molar-refractivity contribution in [3.63, 3.8) is 0 Å². The first-order valence-electron chi connectivity index (χ1n) is 7.92. The highest BCUT2D eigenvalue weighted by molar-refractivity contribution is 6.45. The van der Waals surface area contributed by atoms with Crippen LogP contribution in [0.3, 0.4) is 0 Å². The van der Waals surface area contributed by atoms with Crippen molar-refractivity contribution in [3.8, 4) is 0 Å². The molecule has 0 saturated carbocycles. The summed E-state index contributed by atoms with van der Waals surface area (Å²) >= 11 is 0. The van der Waals surface area contributed by atoms with Gasteiger partial charge in [0.1, 0.15) is 0 Å². The lowest BCUT2D eigenvalue weighted by molar-refractivity contribution is -0.145. The molecular weight excluding hydrogens is 319 g/mol. The fraction of sp³-hybridized carbons (Fsp3) is 0.692. The lowest BCUT2D eigenvalue weighted by Crippen LogP contribution is -2.58. The van der Waals surface area contributed by atoms with Gasteiger partial charge in [-0.3, -0.25) is 19.3 Å². The summed E-state index contributed by atoms with van der Waals surface area (Å²) in [5, 5.41) is 17.0. The molecule has 0 spiro atoms. The number of urea groups is 1. The van der Waals surface area contributed by atoms with Gasteiger partial charge in [-0.25, -0.2) is 4.79 Å². The normalized spacial score (nSPS) is 24.4. The van der Waals surface area contributed by atoms with Crippen molar-refractivity contribution in [1.82, 2.24) is 20.9 Å². The largest absolute Gasteiger partial charge is 0.478 e.